The number of nitrogens with zero attached hydrogens (tertiary/aromatic N) is 1. The molecule has 0 aliphatic carbocycles. The van der Waals surface area contributed by atoms with Crippen molar-refractivity contribution in [2.45, 2.75) is 23.2 Å². The van der Waals surface area contributed by atoms with Crippen LogP contribution >= 0.6 is 11.8 Å². The van der Waals surface area contributed by atoms with Crippen LogP contribution in [0.15, 0.2) is 42.5 Å². The highest BCUT2D eigenvalue weighted by Crippen LogP contribution is 2.46. The van der Waals surface area contributed by atoms with E-state index in [1.165, 1.54) is 23.8 Å². The average Bonchev–Trinajstić information content (AvgIpc) is 2.65. The molecule has 1 aromatic rings. The number of β-lactam (4-membered cyclic amide) rings is 1. The Kier molecular flexibility index (Phi) is 4.78. The third-order valence-corrected chi connectivity index (χ3v) is 5.96. The molecule has 0 radical (unpaired) electrons. The summed E-state index contributed by atoms with van der Waals surface area (Å²) < 4.78 is 5.35. The molecule has 138 valence electrons. The van der Waals surface area contributed by atoms with Crippen LogP contribution < -0.4 is 11.1 Å². The number of carbonyl (C=O) groups excluding carboxylic acids is 2. The number of nitrogens with two attached hydrogens (primary N) is 1. The van der Waals surface area contributed by atoms with E-state index in [1.807, 2.05) is 0 Å². The van der Waals surface area contributed by atoms with E-state index < -0.39 is 41.0 Å². The van der Waals surface area contributed by atoms with Gasteiger partial charge in [-0.3, -0.25) is 9.59 Å². The van der Waals surface area contributed by atoms with Gasteiger partial charge in [-0.2, -0.15) is 0 Å². The van der Waals surface area contributed by atoms with Crippen LogP contribution in [0, 0.1) is 0 Å². The third-order valence-electron chi connectivity index (χ3n) is 4.55. The summed E-state index contributed by atoms with van der Waals surface area (Å²) in [6.45, 7) is 3.73. The number of nitrogens with one attached hydrogen (secondary N) is 1. The standard InChI is InChI=1S/C17H19N3O5S/c1-9-8-26-16-17(25-2,15(24)20(16)12(9)14(22)23)19-13(21)11(18)10-6-4-3-5-7-10/h3-7,11-12,16H,1,8,18H2,2H3,(H,19,21)(H,22,23)/t11?,12?,16-,17?/m0/s1. The minimum absolute atomic E-state index is 0.344. The van der Waals surface area contributed by atoms with Crippen molar-refractivity contribution in [3.63, 3.8) is 0 Å². The topological polar surface area (TPSA) is 122 Å². The highest BCUT2D eigenvalue weighted by molar-refractivity contribution is 8.00. The van der Waals surface area contributed by atoms with E-state index in [1.54, 1.807) is 30.3 Å². The Hall–Kier alpha value is -2.36. The fourth-order valence-electron chi connectivity index (χ4n) is 3.17. The molecule has 2 heterocycles. The third kappa shape index (κ3) is 2.68. The molecule has 3 unspecified atom stereocenters. The number of ether oxygens (including phenoxy) is 1. The molecule has 2 amide bonds. The molecule has 3 rings (SSSR count). The van der Waals surface area contributed by atoms with Crippen LogP contribution in [0.25, 0.3) is 0 Å². The van der Waals surface area contributed by atoms with Gasteiger partial charge >= 0.3 is 5.97 Å². The van der Waals surface area contributed by atoms with E-state index in [9.17, 15) is 19.5 Å². The van der Waals surface area contributed by atoms with Crippen LogP contribution in [0.1, 0.15) is 11.6 Å². The zero-order valence-electron chi connectivity index (χ0n) is 14.0. The van der Waals surface area contributed by atoms with Crippen molar-refractivity contribution in [3.05, 3.63) is 48.0 Å². The van der Waals surface area contributed by atoms with E-state index in [4.69, 9.17) is 10.5 Å². The van der Waals surface area contributed by atoms with Gasteiger partial charge in [0.1, 0.15) is 11.4 Å². The van der Waals surface area contributed by atoms with Gasteiger partial charge in [-0.05, 0) is 11.1 Å². The van der Waals surface area contributed by atoms with Crippen molar-refractivity contribution in [3.8, 4) is 0 Å². The number of aliphatic carboxylic acids is 1. The number of rotatable bonds is 5. The summed E-state index contributed by atoms with van der Waals surface area (Å²) in [6, 6.07) is 6.61. The number of fused-ring (bicyclic) bond motifs is 1. The summed E-state index contributed by atoms with van der Waals surface area (Å²) in [7, 11) is 1.29. The Labute approximate surface area is 154 Å². The van der Waals surface area contributed by atoms with Crippen molar-refractivity contribution >= 4 is 29.5 Å². The molecule has 0 saturated carbocycles. The molecular formula is C17H19N3O5S. The predicted octanol–water partition coefficient (Wildman–Crippen LogP) is 0.0698. The quantitative estimate of drug-likeness (QED) is 0.377. The van der Waals surface area contributed by atoms with E-state index in [2.05, 4.69) is 11.9 Å². The molecule has 2 fully saturated rings. The minimum atomic E-state index is -1.64. The molecule has 0 bridgehead atoms. The zero-order valence-corrected chi connectivity index (χ0v) is 14.9. The lowest BCUT2D eigenvalue weighted by atomic mass is 9.94. The predicted molar refractivity (Wildman–Crippen MR) is 94.9 cm³/mol. The SMILES string of the molecule is C=C1CS[C@@H]2N(C(=O)C2(NC(=O)C(N)c2ccccc2)OC)C1C(=O)O. The number of amides is 2. The maximum Gasteiger partial charge on any atom is 0.330 e. The molecule has 8 nitrogen and oxygen atoms in total. The first-order valence-corrected chi connectivity index (χ1v) is 8.91. The summed E-state index contributed by atoms with van der Waals surface area (Å²) in [5.74, 6) is -2.02. The van der Waals surface area contributed by atoms with Crippen molar-refractivity contribution in [1.82, 2.24) is 10.2 Å². The first-order valence-electron chi connectivity index (χ1n) is 7.86. The van der Waals surface area contributed by atoms with Crippen LogP contribution in [0.5, 0.6) is 0 Å². The largest absolute Gasteiger partial charge is 0.479 e. The lowest BCUT2D eigenvalue weighted by Crippen LogP contribution is -2.83. The maximum atomic E-state index is 12.7. The Bertz CT molecular complexity index is 771. The van der Waals surface area contributed by atoms with Crippen LogP contribution in [0.2, 0.25) is 0 Å². The molecule has 2 saturated heterocycles. The molecule has 4 N–H and O–H groups in total. The van der Waals surface area contributed by atoms with Gasteiger partial charge in [0.25, 0.3) is 11.6 Å². The smallest absolute Gasteiger partial charge is 0.330 e. The van der Waals surface area contributed by atoms with E-state index in [0.29, 0.717) is 16.9 Å². The Morgan fingerprint density at radius 1 is 1.46 bits per heavy atom. The molecular weight excluding hydrogens is 358 g/mol. The summed E-state index contributed by atoms with van der Waals surface area (Å²) in [6.07, 6.45) is 0. The zero-order chi connectivity index (χ0) is 19.1. The minimum Gasteiger partial charge on any atom is -0.479 e. The molecule has 2 aliphatic rings. The van der Waals surface area contributed by atoms with Crippen LogP contribution in [-0.4, -0.2) is 57.8 Å². The summed E-state index contributed by atoms with van der Waals surface area (Å²) in [5.41, 5.74) is 5.36. The fourth-order valence-corrected chi connectivity index (χ4v) is 4.56. The second kappa shape index (κ2) is 6.75. The first-order chi connectivity index (χ1) is 12.3. The normalized spacial score (nSPS) is 28.8. The lowest BCUT2D eigenvalue weighted by Gasteiger charge is -2.58. The van der Waals surface area contributed by atoms with Crippen molar-refractivity contribution in [2.24, 2.45) is 5.73 Å². The van der Waals surface area contributed by atoms with E-state index in [0.717, 1.165) is 0 Å². The number of thioether (sulfide) groups is 1. The number of benzene rings is 1. The lowest BCUT2D eigenvalue weighted by molar-refractivity contribution is -0.202. The highest BCUT2D eigenvalue weighted by atomic mass is 32.2. The molecule has 9 heteroatoms. The highest BCUT2D eigenvalue weighted by Gasteiger charge is 2.67. The van der Waals surface area contributed by atoms with Gasteiger partial charge in [-0.25, -0.2) is 4.79 Å². The summed E-state index contributed by atoms with van der Waals surface area (Å²) in [4.78, 5) is 38.0. The molecule has 4 atom stereocenters. The van der Waals surface area contributed by atoms with Crippen molar-refractivity contribution in [2.75, 3.05) is 12.9 Å². The van der Waals surface area contributed by atoms with Crippen LogP contribution in [0.3, 0.4) is 0 Å². The van der Waals surface area contributed by atoms with Crippen LogP contribution in [-0.2, 0) is 19.1 Å². The summed E-state index contributed by atoms with van der Waals surface area (Å²) >= 11 is 1.29. The first kappa shape index (κ1) is 18.4. The number of hydrogen-bond acceptors (Lipinski definition) is 6. The van der Waals surface area contributed by atoms with Gasteiger partial charge in [0.2, 0.25) is 5.91 Å². The summed E-state index contributed by atoms with van der Waals surface area (Å²) in [5, 5.41) is 11.3. The Balaban J connectivity index is 1.82. The molecule has 2 aliphatic heterocycles. The monoisotopic (exact) mass is 377 g/mol. The molecule has 1 aromatic carbocycles. The molecule has 0 spiro atoms. The maximum absolute atomic E-state index is 12.7. The van der Waals surface area contributed by atoms with Crippen molar-refractivity contribution < 1.29 is 24.2 Å². The van der Waals surface area contributed by atoms with Gasteiger partial charge in [0, 0.05) is 12.9 Å². The number of carbonyl (C=O) groups is 3. The van der Waals surface area contributed by atoms with E-state index >= 15 is 0 Å². The molecule has 0 aromatic heterocycles. The van der Waals surface area contributed by atoms with Gasteiger partial charge in [-0.1, -0.05) is 36.9 Å². The Morgan fingerprint density at radius 2 is 2.12 bits per heavy atom. The average molecular weight is 377 g/mol. The number of methoxy groups -OCH3 is 1. The van der Waals surface area contributed by atoms with Crippen LogP contribution in [0.4, 0.5) is 0 Å². The molecule has 26 heavy (non-hydrogen) atoms. The van der Waals surface area contributed by atoms with Gasteiger partial charge in [-0.15, -0.1) is 11.8 Å². The second-order valence-corrected chi connectivity index (χ2v) is 7.16. The Morgan fingerprint density at radius 3 is 2.69 bits per heavy atom. The van der Waals surface area contributed by atoms with Gasteiger partial charge < -0.3 is 25.8 Å². The van der Waals surface area contributed by atoms with Gasteiger partial charge in [0.05, 0.1) is 0 Å². The van der Waals surface area contributed by atoms with Crippen molar-refractivity contribution in [1.29, 1.82) is 0 Å². The number of carboxylic acids is 1. The second-order valence-electron chi connectivity index (χ2n) is 6.09. The van der Waals surface area contributed by atoms with Gasteiger partial charge in [0.15, 0.2) is 6.04 Å². The van der Waals surface area contributed by atoms with E-state index in [-0.39, 0.29) is 0 Å². The number of carboxylic acid groups (broad SMARTS) is 1. The number of hydrogen-bond donors (Lipinski definition) is 3. The fraction of sp³-hybridized carbons (Fsp3) is 0.353.